The van der Waals surface area contributed by atoms with Crippen LogP contribution in [0.4, 0.5) is 0 Å². The molecule has 21 heavy (non-hydrogen) atoms. The van der Waals surface area contributed by atoms with Gasteiger partial charge in [0.15, 0.2) is 0 Å². The smallest absolute Gasteiger partial charge is 0.244 e. The predicted molar refractivity (Wildman–Crippen MR) is 86.4 cm³/mol. The molecule has 1 N–H and O–H groups in total. The number of halogens is 2. The van der Waals surface area contributed by atoms with Crippen molar-refractivity contribution in [2.45, 2.75) is 43.7 Å². The van der Waals surface area contributed by atoms with E-state index in [1.54, 1.807) is 13.1 Å². The van der Waals surface area contributed by atoms with Crippen LogP contribution >= 0.6 is 23.2 Å². The van der Waals surface area contributed by atoms with Gasteiger partial charge in [0.1, 0.15) is 4.90 Å². The maximum Gasteiger partial charge on any atom is 0.244 e. The molecule has 118 valence electrons. The lowest BCUT2D eigenvalue weighted by Gasteiger charge is -2.19. The molecule has 0 saturated heterocycles. The fourth-order valence-electron chi connectivity index (χ4n) is 2.12. The summed E-state index contributed by atoms with van der Waals surface area (Å²) in [6.07, 6.45) is 2.80. The summed E-state index contributed by atoms with van der Waals surface area (Å²) in [6, 6.07) is 3.23. The molecular weight excluding hydrogens is 331 g/mol. The minimum atomic E-state index is -3.59. The van der Waals surface area contributed by atoms with Crippen LogP contribution in [0.3, 0.4) is 0 Å². The largest absolute Gasteiger partial charge is 0.313 e. The monoisotopic (exact) mass is 350 g/mol. The Labute approximate surface area is 136 Å². The van der Waals surface area contributed by atoms with Gasteiger partial charge in [-0.3, -0.25) is 0 Å². The quantitative estimate of drug-likeness (QED) is 0.767. The van der Waals surface area contributed by atoms with Crippen LogP contribution in [-0.2, 0) is 16.6 Å². The van der Waals surface area contributed by atoms with Crippen molar-refractivity contribution in [2.75, 3.05) is 13.6 Å². The molecule has 1 aromatic carbocycles. The van der Waals surface area contributed by atoms with Crippen molar-refractivity contribution in [3.63, 3.8) is 0 Å². The molecule has 0 radical (unpaired) electrons. The van der Waals surface area contributed by atoms with E-state index in [2.05, 4.69) is 12.2 Å². The Morgan fingerprint density at radius 1 is 1.33 bits per heavy atom. The minimum absolute atomic E-state index is 0.0896. The number of nitrogens with one attached hydrogen (secondary N) is 1. The average molecular weight is 351 g/mol. The second kappa shape index (κ2) is 6.84. The van der Waals surface area contributed by atoms with Crippen molar-refractivity contribution in [1.29, 1.82) is 0 Å². The third kappa shape index (κ3) is 3.90. The second-order valence-corrected chi connectivity index (χ2v) is 8.09. The molecular formula is C14H20Cl2N2O2S. The van der Waals surface area contributed by atoms with Gasteiger partial charge in [-0.1, -0.05) is 30.1 Å². The molecule has 1 fully saturated rings. The molecule has 0 heterocycles. The summed E-state index contributed by atoms with van der Waals surface area (Å²) < 4.78 is 26.7. The SMILES string of the molecule is CCCNCc1cc(Cl)cc(S(=O)(=O)N(C)C2CC2)c1Cl. The highest BCUT2D eigenvalue weighted by atomic mass is 35.5. The van der Waals surface area contributed by atoms with Gasteiger partial charge < -0.3 is 5.32 Å². The van der Waals surface area contributed by atoms with Gasteiger partial charge in [-0.25, -0.2) is 8.42 Å². The summed E-state index contributed by atoms with van der Waals surface area (Å²) in [7, 11) is -2.00. The van der Waals surface area contributed by atoms with Crippen molar-refractivity contribution < 1.29 is 8.42 Å². The normalized spacial score (nSPS) is 15.7. The highest BCUT2D eigenvalue weighted by molar-refractivity contribution is 7.89. The number of rotatable bonds is 7. The predicted octanol–water partition coefficient (Wildman–Crippen LogP) is 3.28. The Morgan fingerprint density at radius 3 is 2.57 bits per heavy atom. The molecule has 2 rings (SSSR count). The zero-order chi connectivity index (χ0) is 15.6. The molecule has 0 bridgehead atoms. The molecule has 0 amide bonds. The lowest BCUT2D eigenvalue weighted by molar-refractivity contribution is 0.464. The highest BCUT2D eigenvalue weighted by Gasteiger charge is 2.36. The van der Waals surface area contributed by atoms with E-state index in [4.69, 9.17) is 23.2 Å². The first-order chi connectivity index (χ1) is 9.87. The zero-order valence-corrected chi connectivity index (χ0v) is 14.5. The van der Waals surface area contributed by atoms with Crippen LogP contribution in [0.5, 0.6) is 0 Å². The number of hydrogen-bond acceptors (Lipinski definition) is 3. The third-order valence-corrected chi connectivity index (χ3v) is 6.25. The van der Waals surface area contributed by atoms with Crippen molar-refractivity contribution in [2.24, 2.45) is 0 Å². The number of nitrogens with zero attached hydrogens (tertiary/aromatic N) is 1. The first-order valence-electron chi connectivity index (χ1n) is 7.04. The lowest BCUT2D eigenvalue weighted by atomic mass is 10.2. The van der Waals surface area contributed by atoms with Gasteiger partial charge in [0.2, 0.25) is 10.0 Å². The molecule has 0 atom stereocenters. The van der Waals surface area contributed by atoms with Crippen LogP contribution < -0.4 is 5.32 Å². The second-order valence-electron chi connectivity index (χ2n) is 5.31. The van der Waals surface area contributed by atoms with E-state index >= 15 is 0 Å². The van der Waals surface area contributed by atoms with Crippen LogP contribution in [0.2, 0.25) is 10.0 Å². The minimum Gasteiger partial charge on any atom is -0.313 e. The van der Waals surface area contributed by atoms with Crippen molar-refractivity contribution in [3.8, 4) is 0 Å². The molecule has 0 aromatic heterocycles. The zero-order valence-electron chi connectivity index (χ0n) is 12.2. The molecule has 0 aliphatic heterocycles. The van der Waals surface area contributed by atoms with Gasteiger partial charge in [0, 0.05) is 24.7 Å². The lowest BCUT2D eigenvalue weighted by Crippen LogP contribution is -2.29. The van der Waals surface area contributed by atoms with Crippen molar-refractivity contribution >= 4 is 33.2 Å². The Bertz CT molecular complexity index is 616. The Hall–Kier alpha value is -0.330. The molecule has 0 unspecified atom stereocenters. The van der Waals surface area contributed by atoms with E-state index in [1.807, 2.05) is 0 Å². The molecule has 4 nitrogen and oxygen atoms in total. The summed E-state index contributed by atoms with van der Waals surface area (Å²) in [5.41, 5.74) is 0.709. The van der Waals surface area contributed by atoms with Gasteiger partial charge in [-0.2, -0.15) is 4.31 Å². The number of benzene rings is 1. The fraction of sp³-hybridized carbons (Fsp3) is 0.571. The van der Waals surface area contributed by atoms with Crippen LogP contribution in [0.15, 0.2) is 17.0 Å². The maximum atomic E-state index is 12.6. The van der Waals surface area contributed by atoms with Crippen LogP contribution in [0.25, 0.3) is 0 Å². The third-order valence-electron chi connectivity index (χ3n) is 3.54. The number of hydrogen-bond donors (Lipinski definition) is 1. The fourth-order valence-corrected chi connectivity index (χ4v) is 4.44. The molecule has 1 saturated carbocycles. The summed E-state index contributed by atoms with van der Waals surface area (Å²) >= 11 is 12.4. The van der Waals surface area contributed by atoms with E-state index in [9.17, 15) is 8.42 Å². The first kappa shape index (κ1) is 17.0. The van der Waals surface area contributed by atoms with E-state index < -0.39 is 10.0 Å². The summed E-state index contributed by atoms with van der Waals surface area (Å²) in [6.45, 7) is 3.41. The van der Waals surface area contributed by atoms with Crippen LogP contribution in [-0.4, -0.2) is 32.4 Å². The van der Waals surface area contributed by atoms with E-state index in [0.29, 0.717) is 17.1 Å². The summed E-state index contributed by atoms with van der Waals surface area (Å²) in [4.78, 5) is 0.0966. The molecule has 0 spiro atoms. The summed E-state index contributed by atoms with van der Waals surface area (Å²) in [5, 5.41) is 3.86. The van der Waals surface area contributed by atoms with E-state index in [-0.39, 0.29) is 16.0 Å². The maximum absolute atomic E-state index is 12.6. The molecule has 1 aliphatic carbocycles. The van der Waals surface area contributed by atoms with Gasteiger partial charge in [-0.05, 0) is 43.5 Å². The molecule has 7 heteroatoms. The Morgan fingerprint density at radius 2 is 2.00 bits per heavy atom. The Balaban J connectivity index is 2.34. The first-order valence-corrected chi connectivity index (χ1v) is 9.24. The van der Waals surface area contributed by atoms with E-state index in [1.165, 1.54) is 10.4 Å². The van der Waals surface area contributed by atoms with Gasteiger partial charge in [0.25, 0.3) is 0 Å². The average Bonchev–Trinajstić information content (AvgIpc) is 3.25. The molecule has 1 aromatic rings. The highest BCUT2D eigenvalue weighted by Crippen LogP contribution is 2.35. The standard InChI is InChI=1S/C14H20Cl2N2O2S/c1-3-6-17-9-10-7-11(15)8-13(14(10)16)21(19,20)18(2)12-4-5-12/h7-8,12,17H,3-6,9H2,1-2H3. The van der Waals surface area contributed by atoms with Gasteiger partial charge in [0.05, 0.1) is 5.02 Å². The van der Waals surface area contributed by atoms with E-state index in [0.717, 1.165) is 25.8 Å². The molecule has 1 aliphatic rings. The van der Waals surface area contributed by atoms with Crippen LogP contribution in [0, 0.1) is 0 Å². The van der Waals surface area contributed by atoms with Gasteiger partial charge in [-0.15, -0.1) is 0 Å². The van der Waals surface area contributed by atoms with Gasteiger partial charge >= 0.3 is 0 Å². The van der Waals surface area contributed by atoms with Crippen molar-refractivity contribution in [3.05, 3.63) is 27.7 Å². The Kier molecular flexibility index (Phi) is 5.54. The summed E-state index contributed by atoms with van der Waals surface area (Å²) in [5.74, 6) is 0. The number of sulfonamides is 1. The topological polar surface area (TPSA) is 49.4 Å². The van der Waals surface area contributed by atoms with Crippen molar-refractivity contribution in [1.82, 2.24) is 9.62 Å². The van der Waals surface area contributed by atoms with Crippen LogP contribution in [0.1, 0.15) is 31.7 Å².